The number of nitrogens with one attached hydrogen (secondary N) is 1. The van der Waals surface area contributed by atoms with Gasteiger partial charge < -0.3 is 11.1 Å². The molecule has 0 radical (unpaired) electrons. The maximum Gasteiger partial charge on any atom is 0.242 e. The lowest BCUT2D eigenvalue weighted by Gasteiger charge is -2.17. The van der Waals surface area contributed by atoms with Gasteiger partial charge in [0.2, 0.25) is 15.9 Å². The van der Waals surface area contributed by atoms with E-state index in [0.29, 0.717) is 11.3 Å². The Kier molecular flexibility index (Phi) is 6.59. The quantitative estimate of drug-likeness (QED) is 0.854. The van der Waals surface area contributed by atoms with Crippen molar-refractivity contribution >= 4 is 34.0 Å². The maximum atomic E-state index is 12.3. The van der Waals surface area contributed by atoms with Gasteiger partial charge in [-0.1, -0.05) is 12.5 Å². The summed E-state index contributed by atoms with van der Waals surface area (Å²) in [5.74, 6) is -0.336. The van der Waals surface area contributed by atoms with E-state index in [2.05, 4.69) is 5.32 Å². The number of rotatable bonds is 4. The van der Waals surface area contributed by atoms with Crippen molar-refractivity contribution in [3.8, 4) is 0 Å². The monoisotopic (exact) mass is 361 g/mol. The van der Waals surface area contributed by atoms with E-state index in [1.54, 1.807) is 19.1 Å². The van der Waals surface area contributed by atoms with Gasteiger partial charge in [-0.15, -0.1) is 12.4 Å². The molecule has 1 saturated carbocycles. The molecule has 2 unspecified atom stereocenters. The van der Waals surface area contributed by atoms with Gasteiger partial charge in [0.1, 0.15) is 0 Å². The summed E-state index contributed by atoms with van der Waals surface area (Å²) in [7, 11) is -0.571. The van der Waals surface area contributed by atoms with Gasteiger partial charge in [-0.3, -0.25) is 4.79 Å². The van der Waals surface area contributed by atoms with Gasteiger partial charge in [0, 0.05) is 25.8 Å². The lowest BCUT2D eigenvalue weighted by molar-refractivity contribution is -0.120. The molecule has 2 rings (SSSR count). The van der Waals surface area contributed by atoms with E-state index in [1.807, 2.05) is 0 Å². The highest BCUT2D eigenvalue weighted by molar-refractivity contribution is 7.89. The Hall–Kier alpha value is -1.15. The summed E-state index contributed by atoms with van der Waals surface area (Å²) in [6, 6.07) is 4.79. The number of aryl methyl sites for hydroxylation is 1. The Morgan fingerprint density at radius 2 is 1.96 bits per heavy atom. The first-order chi connectivity index (χ1) is 10.2. The van der Waals surface area contributed by atoms with Crippen molar-refractivity contribution in [3.05, 3.63) is 23.8 Å². The minimum atomic E-state index is -3.54. The van der Waals surface area contributed by atoms with Crippen molar-refractivity contribution in [2.24, 2.45) is 11.7 Å². The van der Waals surface area contributed by atoms with Crippen molar-refractivity contribution in [1.29, 1.82) is 0 Å². The Labute approximate surface area is 143 Å². The first-order valence-corrected chi connectivity index (χ1v) is 8.77. The van der Waals surface area contributed by atoms with Crippen molar-refractivity contribution in [2.75, 3.05) is 19.4 Å². The molecule has 8 heteroatoms. The fraction of sp³-hybridized carbons (Fsp3) is 0.533. The second kappa shape index (κ2) is 7.61. The summed E-state index contributed by atoms with van der Waals surface area (Å²) in [6.45, 7) is 1.73. The fourth-order valence-electron chi connectivity index (χ4n) is 2.70. The van der Waals surface area contributed by atoms with E-state index in [0.717, 1.165) is 23.6 Å². The van der Waals surface area contributed by atoms with E-state index < -0.39 is 10.0 Å². The van der Waals surface area contributed by atoms with E-state index in [-0.39, 0.29) is 35.2 Å². The van der Waals surface area contributed by atoms with Crippen LogP contribution in [0.25, 0.3) is 0 Å². The molecule has 3 N–H and O–H groups in total. The molecule has 23 heavy (non-hydrogen) atoms. The van der Waals surface area contributed by atoms with Crippen LogP contribution in [0.4, 0.5) is 5.69 Å². The zero-order valence-corrected chi connectivity index (χ0v) is 15.2. The van der Waals surface area contributed by atoms with Crippen LogP contribution in [0.1, 0.15) is 24.8 Å². The molecule has 0 bridgehead atoms. The van der Waals surface area contributed by atoms with Gasteiger partial charge in [0.25, 0.3) is 0 Å². The number of sulfonamides is 1. The van der Waals surface area contributed by atoms with Gasteiger partial charge in [-0.05, 0) is 37.5 Å². The van der Waals surface area contributed by atoms with Crippen LogP contribution in [0, 0.1) is 12.8 Å². The number of nitrogens with zero attached hydrogens (tertiary/aromatic N) is 1. The highest BCUT2D eigenvalue weighted by Crippen LogP contribution is 2.27. The summed E-state index contributed by atoms with van der Waals surface area (Å²) in [4.78, 5) is 12.5. The molecular formula is C15H24ClN3O3S. The summed E-state index contributed by atoms with van der Waals surface area (Å²) in [6.07, 6.45) is 2.58. The largest absolute Gasteiger partial charge is 0.327 e. The normalized spacial score (nSPS) is 21.1. The molecule has 0 spiro atoms. The number of amides is 1. The van der Waals surface area contributed by atoms with Crippen LogP contribution in [0.15, 0.2) is 23.1 Å². The second-order valence-corrected chi connectivity index (χ2v) is 8.08. The molecule has 6 nitrogen and oxygen atoms in total. The Morgan fingerprint density at radius 3 is 2.48 bits per heavy atom. The topological polar surface area (TPSA) is 92.5 Å². The first kappa shape index (κ1) is 19.9. The third-order valence-corrected chi connectivity index (χ3v) is 6.08. The molecule has 2 atom stereocenters. The van der Waals surface area contributed by atoms with Crippen LogP contribution < -0.4 is 11.1 Å². The number of halogens is 1. The smallest absolute Gasteiger partial charge is 0.242 e. The molecule has 0 aromatic heterocycles. The zero-order chi connectivity index (χ0) is 16.5. The number of nitrogens with two attached hydrogens (primary N) is 1. The van der Waals surface area contributed by atoms with E-state index in [4.69, 9.17) is 5.73 Å². The standard InChI is InChI=1S/C15H23N3O3S.ClH/c1-10-7-8-11(9-14(10)22(20,21)18(2)3)17-15(19)12-5-4-6-13(12)16;/h7-9,12-13H,4-6,16H2,1-3H3,(H,17,19);1H. The number of hydrogen-bond donors (Lipinski definition) is 2. The summed E-state index contributed by atoms with van der Waals surface area (Å²) in [5.41, 5.74) is 7.06. The van der Waals surface area contributed by atoms with Crippen LogP contribution in [0.2, 0.25) is 0 Å². The molecule has 130 valence electrons. The zero-order valence-electron chi connectivity index (χ0n) is 13.6. The second-order valence-electron chi connectivity index (χ2n) is 5.96. The number of carbonyl (C=O) groups is 1. The fourth-order valence-corrected chi connectivity index (χ4v) is 3.85. The first-order valence-electron chi connectivity index (χ1n) is 7.33. The van der Waals surface area contributed by atoms with Crippen LogP contribution in [-0.4, -0.2) is 38.8 Å². The van der Waals surface area contributed by atoms with Gasteiger partial charge in [0.05, 0.1) is 10.8 Å². The molecule has 1 aliphatic rings. The van der Waals surface area contributed by atoms with Crippen molar-refractivity contribution < 1.29 is 13.2 Å². The highest BCUT2D eigenvalue weighted by Gasteiger charge is 2.30. The number of carbonyl (C=O) groups excluding carboxylic acids is 1. The molecule has 1 fully saturated rings. The lowest BCUT2D eigenvalue weighted by Crippen LogP contribution is -2.34. The number of hydrogen-bond acceptors (Lipinski definition) is 4. The summed E-state index contributed by atoms with van der Waals surface area (Å²) in [5, 5.41) is 2.79. The molecular weight excluding hydrogens is 338 g/mol. The van der Waals surface area contributed by atoms with Crippen molar-refractivity contribution in [1.82, 2.24) is 4.31 Å². The minimum absolute atomic E-state index is 0. The van der Waals surface area contributed by atoms with Crippen LogP contribution in [0.5, 0.6) is 0 Å². The van der Waals surface area contributed by atoms with Crippen LogP contribution in [-0.2, 0) is 14.8 Å². The van der Waals surface area contributed by atoms with Crippen molar-refractivity contribution in [3.63, 3.8) is 0 Å². The Balaban J connectivity index is 0.00000264. The molecule has 0 heterocycles. The summed E-state index contributed by atoms with van der Waals surface area (Å²) >= 11 is 0. The Morgan fingerprint density at radius 1 is 1.30 bits per heavy atom. The third kappa shape index (κ3) is 4.23. The molecule has 1 aliphatic carbocycles. The number of benzene rings is 1. The van der Waals surface area contributed by atoms with Gasteiger partial charge in [0.15, 0.2) is 0 Å². The lowest BCUT2D eigenvalue weighted by atomic mass is 10.0. The SMILES string of the molecule is Cc1ccc(NC(=O)C2CCCC2N)cc1S(=O)(=O)N(C)C.Cl. The average Bonchev–Trinajstić information content (AvgIpc) is 2.86. The van der Waals surface area contributed by atoms with Crippen LogP contribution in [0.3, 0.4) is 0 Å². The van der Waals surface area contributed by atoms with E-state index in [1.165, 1.54) is 20.2 Å². The molecule has 1 aromatic rings. The van der Waals surface area contributed by atoms with Crippen molar-refractivity contribution in [2.45, 2.75) is 37.1 Å². The molecule has 0 aliphatic heterocycles. The van der Waals surface area contributed by atoms with Gasteiger partial charge in [-0.2, -0.15) is 0 Å². The van der Waals surface area contributed by atoms with Crippen LogP contribution >= 0.6 is 12.4 Å². The van der Waals surface area contributed by atoms with E-state index in [9.17, 15) is 13.2 Å². The van der Waals surface area contributed by atoms with E-state index >= 15 is 0 Å². The molecule has 1 aromatic carbocycles. The minimum Gasteiger partial charge on any atom is -0.327 e. The predicted molar refractivity (Wildman–Crippen MR) is 93.2 cm³/mol. The molecule has 0 saturated heterocycles. The van der Waals surface area contributed by atoms with Gasteiger partial charge >= 0.3 is 0 Å². The van der Waals surface area contributed by atoms with Gasteiger partial charge in [-0.25, -0.2) is 12.7 Å². The molecule has 1 amide bonds. The third-order valence-electron chi connectivity index (χ3n) is 4.12. The highest BCUT2D eigenvalue weighted by atomic mass is 35.5. The Bertz CT molecular complexity index is 677. The number of anilines is 1. The summed E-state index contributed by atoms with van der Waals surface area (Å²) < 4.78 is 25.7. The predicted octanol–water partition coefficient (Wildman–Crippen LogP) is 1.73. The average molecular weight is 362 g/mol. The maximum absolute atomic E-state index is 12.3.